The fourth-order valence-electron chi connectivity index (χ4n) is 1.91. The predicted octanol–water partition coefficient (Wildman–Crippen LogP) is 2.42. The van der Waals surface area contributed by atoms with E-state index in [1.165, 1.54) is 11.3 Å². The first-order chi connectivity index (χ1) is 9.22. The third-order valence-electron chi connectivity index (χ3n) is 3.03. The molecule has 8 heteroatoms. The highest BCUT2D eigenvalue weighted by Crippen LogP contribution is 2.28. The average Bonchev–Trinajstić information content (AvgIpc) is 2.84. The summed E-state index contributed by atoms with van der Waals surface area (Å²) in [4.78, 5) is 5.38. The maximum atomic E-state index is 12.4. The number of hydrogen-bond donors (Lipinski definition) is 1. The largest absolute Gasteiger partial charge is 0.271 e. The summed E-state index contributed by atoms with van der Waals surface area (Å²) < 4.78 is 29.0. The van der Waals surface area contributed by atoms with Gasteiger partial charge in [0.15, 0.2) is 5.13 Å². The van der Waals surface area contributed by atoms with E-state index in [0.29, 0.717) is 22.4 Å². The highest BCUT2D eigenvalue weighted by molar-refractivity contribution is 7.93. The van der Waals surface area contributed by atoms with Gasteiger partial charge in [-0.2, -0.15) is 5.10 Å². The van der Waals surface area contributed by atoms with E-state index in [1.807, 2.05) is 13.8 Å². The molecule has 2 aromatic heterocycles. The molecule has 20 heavy (non-hydrogen) atoms. The van der Waals surface area contributed by atoms with Crippen molar-refractivity contribution in [1.29, 1.82) is 0 Å². The molecule has 0 aliphatic rings. The summed E-state index contributed by atoms with van der Waals surface area (Å²) in [6.07, 6.45) is 1.70. The molecule has 0 amide bonds. The maximum absolute atomic E-state index is 12.4. The van der Waals surface area contributed by atoms with Crippen LogP contribution in [0.15, 0.2) is 11.1 Å². The number of rotatable bonds is 4. The topological polar surface area (TPSA) is 76.9 Å². The van der Waals surface area contributed by atoms with Gasteiger partial charge < -0.3 is 0 Å². The van der Waals surface area contributed by atoms with E-state index in [0.717, 1.165) is 4.88 Å². The van der Waals surface area contributed by atoms with Crippen LogP contribution in [0.25, 0.3) is 0 Å². The molecule has 0 aliphatic carbocycles. The zero-order valence-electron chi connectivity index (χ0n) is 12.1. The fraction of sp³-hybridized carbons (Fsp3) is 0.500. The Morgan fingerprint density at radius 2 is 2.00 bits per heavy atom. The maximum Gasteiger partial charge on any atom is 0.267 e. The summed E-state index contributed by atoms with van der Waals surface area (Å²) in [6.45, 7) is 7.50. The van der Waals surface area contributed by atoms with Crippen molar-refractivity contribution in [3.8, 4) is 0 Å². The molecule has 0 atom stereocenters. The molecule has 0 saturated heterocycles. The summed E-state index contributed by atoms with van der Waals surface area (Å²) in [6, 6.07) is 0. The number of aromatic nitrogens is 3. The Morgan fingerprint density at radius 3 is 2.45 bits per heavy atom. The van der Waals surface area contributed by atoms with Crippen LogP contribution < -0.4 is 4.72 Å². The molecule has 0 unspecified atom stereocenters. The molecule has 110 valence electrons. The van der Waals surface area contributed by atoms with E-state index in [9.17, 15) is 8.42 Å². The van der Waals surface area contributed by atoms with Gasteiger partial charge in [0.05, 0.1) is 11.4 Å². The second-order valence-corrected chi connectivity index (χ2v) is 7.63. The second-order valence-electron chi connectivity index (χ2n) is 4.95. The van der Waals surface area contributed by atoms with Crippen LogP contribution in [0.5, 0.6) is 0 Å². The molecule has 0 spiro atoms. The zero-order chi connectivity index (χ0) is 15.1. The van der Waals surface area contributed by atoms with E-state index in [4.69, 9.17) is 0 Å². The second kappa shape index (κ2) is 5.17. The SMILES string of the molecule is Cc1nn(C)c(C)c1S(=O)(=O)Nc1ncc(C(C)C)s1. The lowest BCUT2D eigenvalue weighted by atomic mass is 10.2. The number of nitrogens with one attached hydrogen (secondary N) is 1. The van der Waals surface area contributed by atoms with Crippen LogP contribution in [0, 0.1) is 13.8 Å². The molecule has 0 aromatic carbocycles. The minimum atomic E-state index is -3.65. The third-order valence-corrected chi connectivity index (χ3v) is 5.96. The van der Waals surface area contributed by atoms with E-state index in [-0.39, 0.29) is 4.90 Å². The van der Waals surface area contributed by atoms with E-state index >= 15 is 0 Å². The third kappa shape index (κ3) is 2.71. The lowest BCUT2D eigenvalue weighted by molar-refractivity contribution is 0.599. The number of hydrogen-bond acceptors (Lipinski definition) is 5. The minimum Gasteiger partial charge on any atom is -0.271 e. The summed E-state index contributed by atoms with van der Waals surface area (Å²) in [5.74, 6) is 0.326. The molecule has 2 heterocycles. The van der Waals surface area contributed by atoms with Gasteiger partial charge in [0.1, 0.15) is 4.90 Å². The van der Waals surface area contributed by atoms with E-state index < -0.39 is 10.0 Å². The lowest BCUT2D eigenvalue weighted by Gasteiger charge is -2.05. The molecule has 0 fully saturated rings. The normalized spacial score (nSPS) is 12.1. The van der Waals surface area contributed by atoms with Gasteiger partial charge in [0.25, 0.3) is 10.0 Å². The van der Waals surface area contributed by atoms with Crippen LogP contribution in [-0.4, -0.2) is 23.2 Å². The van der Waals surface area contributed by atoms with E-state index in [1.54, 1.807) is 31.8 Å². The Bertz CT molecular complexity index is 729. The van der Waals surface area contributed by atoms with Crippen LogP contribution in [0.2, 0.25) is 0 Å². The van der Waals surface area contributed by atoms with Crippen LogP contribution in [0.4, 0.5) is 5.13 Å². The number of thiazole rings is 1. The van der Waals surface area contributed by atoms with Gasteiger partial charge in [-0.25, -0.2) is 13.4 Å². The van der Waals surface area contributed by atoms with Crippen LogP contribution >= 0.6 is 11.3 Å². The lowest BCUT2D eigenvalue weighted by Crippen LogP contribution is -2.14. The first-order valence-electron chi connectivity index (χ1n) is 6.21. The van der Waals surface area contributed by atoms with Crippen LogP contribution in [0.3, 0.4) is 0 Å². The average molecular weight is 314 g/mol. The van der Waals surface area contributed by atoms with Crippen molar-refractivity contribution in [2.75, 3.05) is 4.72 Å². The van der Waals surface area contributed by atoms with Crippen molar-refractivity contribution in [3.63, 3.8) is 0 Å². The van der Waals surface area contributed by atoms with Crippen LogP contribution in [0.1, 0.15) is 36.0 Å². The molecule has 2 rings (SSSR count). The Labute approximate surface area is 122 Å². The number of aryl methyl sites for hydroxylation is 2. The predicted molar refractivity (Wildman–Crippen MR) is 79.7 cm³/mol. The Balaban J connectivity index is 2.35. The van der Waals surface area contributed by atoms with Gasteiger partial charge in [-0.3, -0.25) is 9.40 Å². The molecule has 1 N–H and O–H groups in total. The van der Waals surface area contributed by atoms with Gasteiger partial charge in [-0.15, -0.1) is 11.3 Å². The smallest absolute Gasteiger partial charge is 0.267 e. The molecular weight excluding hydrogens is 296 g/mol. The molecule has 2 aromatic rings. The Hall–Kier alpha value is -1.41. The first-order valence-corrected chi connectivity index (χ1v) is 8.51. The number of nitrogens with zero attached hydrogens (tertiary/aromatic N) is 3. The van der Waals surface area contributed by atoms with Crippen molar-refractivity contribution in [2.24, 2.45) is 7.05 Å². The van der Waals surface area contributed by atoms with E-state index in [2.05, 4.69) is 14.8 Å². The highest BCUT2D eigenvalue weighted by Gasteiger charge is 2.24. The number of sulfonamides is 1. The highest BCUT2D eigenvalue weighted by atomic mass is 32.2. The molecule has 0 saturated carbocycles. The molecule has 0 aliphatic heterocycles. The quantitative estimate of drug-likeness (QED) is 0.940. The summed E-state index contributed by atoms with van der Waals surface area (Å²) in [7, 11) is -1.93. The minimum absolute atomic E-state index is 0.223. The molecular formula is C12H18N4O2S2. The Kier molecular flexibility index (Phi) is 3.88. The van der Waals surface area contributed by atoms with Gasteiger partial charge in [-0.05, 0) is 19.8 Å². The number of anilines is 1. The van der Waals surface area contributed by atoms with Crippen LogP contribution in [-0.2, 0) is 17.1 Å². The molecule has 6 nitrogen and oxygen atoms in total. The van der Waals surface area contributed by atoms with Crippen molar-refractivity contribution < 1.29 is 8.42 Å². The molecule has 0 bridgehead atoms. The van der Waals surface area contributed by atoms with Crippen molar-refractivity contribution >= 4 is 26.5 Å². The van der Waals surface area contributed by atoms with Gasteiger partial charge in [0.2, 0.25) is 0 Å². The fourth-order valence-corrected chi connectivity index (χ4v) is 4.41. The van der Waals surface area contributed by atoms with Gasteiger partial charge in [-0.1, -0.05) is 13.8 Å². The van der Waals surface area contributed by atoms with Gasteiger partial charge in [0, 0.05) is 18.1 Å². The van der Waals surface area contributed by atoms with Gasteiger partial charge >= 0.3 is 0 Å². The summed E-state index contributed by atoms with van der Waals surface area (Å²) in [5.41, 5.74) is 1.09. The summed E-state index contributed by atoms with van der Waals surface area (Å²) in [5, 5.41) is 4.52. The molecule has 0 radical (unpaired) electrons. The zero-order valence-corrected chi connectivity index (χ0v) is 13.8. The standard InChI is InChI=1S/C12H18N4O2S2/c1-7(2)10-6-13-12(19-10)15-20(17,18)11-8(3)14-16(5)9(11)4/h6-7H,1-5H3,(H,13,15). The monoisotopic (exact) mass is 314 g/mol. The Morgan fingerprint density at radius 1 is 1.35 bits per heavy atom. The van der Waals surface area contributed by atoms with Crippen molar-refractivity contribution in [1.82, 2.24) is 14.8 Å². The first kappa shape index (κ1) is 15.0. The summed E-state index contributed by atoms with van der Waals surface area (Å²) >= 11 is 1.35. The van der Waals surface area contributed by atoms with Crippen molar-refractivity contribution in [3.05, 3.63) is 22.5 Å². The van der Waals surface area contributed by atoms with Crippen molar-refractivity contribution in [2.45, 2.75) is 38.5 Å².